The van der Waals surface area contributed by atoms with Gasteiger partial charge in [0, 0.05) is 13.5 Å². The summed E-state index contributed by atoms with van der Waals surface area (Å²) < 4.78 is 4.56. The summed E-state index contributed by atoms with van der Waals surface area (Å²) in [6, 6.07) is -0.396. The lowest BCUT2D eigenvalue weighted by molar-refractivity contribution is -0.150. The molecule has 1 saturated heterocycles. The highest BCUT2D eigenvalue weighted by Crippen LogP contribution is 2.17. The van der Waals surface area contributed by atoms with E-state index in [1.807, 2.05) is 6.42 Å². The molecule has 1 amide bonds. The number of carbonyl (C=O) groups is 2. The summed E-state index contributed by atoms with van der Waals surface area (Å²) >= 11 is 0. The van der Waals surface area contributed by atoms with Crippen molar-refractivity contribution in [1.82, 2.24) is 4.90 Å². The minimum absolute atomic E-state index is 0.0841. The summed E-state index contributed by atoms with van der Waals surface area (Å²) in [5.41, 5.74) is 0. The van der Waals surface area contributed by atoms with Crippen LogP contribution in [0.25, 0.3) is 0 Å². The van der Waals surface area contributed by atoms with Crippen LogP contribution in [0.5, 0.6) is 0 Å². The first-order chi connectivity index (χ1) is 5.66. The SMILES string of the molecule is COC(=O)C1C[CH]CN1C(C)=O. The van der Waals surface area contributed by atoms with Gasteiger partial charge < -0.3 is 9.64 Å². The molecule has 0 N–H and O–H groups in total. The van der Waals surface area contributed by atoms with Crippen molar-refractivity contribution in [2.24, 2.45) is 0 Å². The van der Waals surface area contributed by atoms with Crippen LogP contribution in [0, 0.1) is 6.42 Å². The number of carbonyl (C=O) groups excluding carboxylic acids is 2. The molecule has 0 aromatic rings. The van der Waals surface area contributed by atoms with Crippen molar-refractivity contribution in [2.75, 3.05) is 13.7 Å². The van der Waals surface area contributed by atoms with Crippen LogP contribution in [0.1, 0.15) is 13.3 Å². The van der Waals surface area contributed by atoms with Crippen LogP contribution in [-0.2, 0) is 14.3 Å². The van der Waals surface area contributed by atoms with Gasteiger partial charge in [-0.05, 0) is 12.8 Å². The van der Waals surface area contributed by atoms with Gasteiger partial charge >= 0.3 is 5.97 Å². The lowest BCUT2D eigenvalue weighted by Crippen LogP contribution is -2.39. The predicted molar refractivity (Wildman–Crippen MR) is 42.1 cm³/mol. The molecule has 67 valence electrons. The Bertz CT molecular complexity index is 202. The molecule has 1 unspecified atom stereocenters. The molecule has 0 aromatic heterocycles. The summed E-state index contributed by atoms with van der Waals surface area (Å²) in [4.78, 5) is 23.6. The third-order valence-corrected chi connectivity index (χ3v) is 1.97. The zero-order valence-electron chi connectivity index (χ0n) is 7.24. The fourth-order valence-electron chi connectivity index (χ4n) is 1.33. The molecular formula is C8H12NO3. The average molecular weight is 170 g/mol. The maximum atomic E-state index is 11.1. The average Bonchev–Trinajstić information content (AvgIpc) is 2.50. The van der Waals surface area contributed by atoms with E-state index in [-0.39, 0.29) is 11.9 Å². The molecule has 1 rings (SSSR count). The van der Waals surface area contributed by atoms with Crippen LogP contribution in [0.15, 0.2) is 0 Å². The van der Waals surface area contributed by atoms with Crippen molar-refractivity contribution in [3.8, 4) is 0 Å². The standard InChI is InChI=1S/C8H12NO3/c1-6(10)9-5-3-4-7(9)8(11)12-2/h3,7H,4-5H2,1-2H3. The molecule has 12 heavy (non-hydrogen) atoms. The van der Waals surface area contributed by atoms with Gasteiger partial charge in [-0.25, -0.2) is 4.79 Å². The van der Waals surface area contributed by atoms with Crippen molar-refractivity contribution in [3.05, 3.63) is 6.42 Å². The molecule has 1 atom stereocenters. The van der Waals surface area contributed by atoms with Crippen molar-refractivity contribution in [1.29, 1.82) is 0 Å². The number of nitrogens with zero attached hydrogens (tertiary/aromatic N) is 1. The van der Waals surface area contributed by atoms with Crippen LogP contribution in [-0.4, -0.2) is 36.5 Å². The van der Waals surface area contributed by atoms with Crippen LogP contribution in [0.2, 0.25) is 0 Å². The first kappa shape index (κ1) is 9.03. The van der Waals surface area contributed by atoms with Gasteiger partial charge in [0.15, 0.2) is 0 Å². The molecular weight excluding hydrogens is 158 g/mol. The minimum Gasteiger partial charge on any atom is -0.467 e. The number of esters is 1. The van der Waals surface area contributed by atoms with Gasteiger partial charge in [0.1, 0.15) is 6.04 Å². The molecule has 0 saturated carbocycles. The highest BCUT2D eigenvalue weighted by atomic mass is 16.5. The Kier molecular flexibility index (Phi) is 2.68. The number of ether oxygens (including phenoxy) is 1. The molecule has 1 radical (unpaired) electrons. The topological polar surface area (TPSA) is 46.6 Å². The van der Waals surface area contributed by atoms with E-state index < -0.39 is 6.04 Å². The lowest BCUT2D eigenvalue weighted by atomic mass is 10.2. The zero-order chi connectivity index (χ0) is 9.14. The van der Waals surface area contributed by atoms with E-state index in [0.29, 0.717) is 13.0 Å². The smallest absolute Gasteiger partial charge is 0.328 e. The number of likely N-dealkylation sites (tertiary alicyclic amines) is 1. The lowest BCUT2D eigenvalue weighted by Gasteiger charge is -2.20. The Morgan fingerprint density at radius 3 is 2.75 bits per heavy atom. The third-order valence-electron chi connectivity index (χ3n) is 1.97. The van der Waals surface area contributed by atoms with Crippen LogP contribution < -0.4 is 0 Å². The Hall–Kier alpha value is -1.06. The number of amides is 1. The Balaban J connectivity index is 2.63. The van der Waals surface area contributed by atoms with Gasteiger partial charge in [0.2, 0.25) is 5.91 Å². The number of hydrogen-bond donors (Lipinski definition) is 0. The van der Waals surface area contributed by atoms with Crippen molar-refractivity contribution in [3.63, 3.8) is 0 Å². The predicted octanol–water partition coefficient (Wildman–Crippen LogP) is -0.0155. The number of hydrogen-bond acceptors (Lipinski definition) is 3. The molecule has 1 heterocycles. The summed E-state index contributed by atoms with van der Waals surface area (Å²) in [6.07, 6.45) is 2.51. The highest BCUT2D eigenvalue weighted by Gasteiger charge is 2.32. The maximum absolute atomic E-state index is 11.1. The molecule has 0 aliphatic carbocycles. The number of rotatable bonds is 1. The second kappa shape index (κ2) is 3.56. The molecule has 4 heteroatoms. The monoisotopic (exact) mass is 170 g/mol. The van der Waals surface area contributed by atoms with E-state index in [1.165, 1.54) is 18.9 Å². The van der Waals surface area contributed by atoms with Crippen molar-refractivity contribution >= 4 is 11.9 Å². The second-order valence-electron chi connectivity index (χ2n) is 2.73. The fraction of sp³-hybridized carbons (Fsp3) is 0.625. The summed E-state index contributed by atoms with van der Waals surface area (Å²) in [6.45, 7) is 2.00. The molecule has 0 aromatic carbocycles. The minimum atomic E-state index is -0.396. The van der Waals surface area contributed by atoms with Gasteiger partial charge in [-0.3, -0.25) is 4.79 Å². The van der Waals surface area contributed by atoms with Gasteiger partial charge in [-0.2, -0.15) is 0 Å². The third kappa shape index (κ3) is 1.57. The molecule has 0 spiro atoms. The van der Waals surface area contributed by atoms with Crippen LogP contribution >= 0.6 is 0 Å². The molecule has 4 nitrogen and oxygen atoms in total. The summed E-state index contributed by atoms with van der Waals surface area (Å²) in [5, 5.41) is 0. The molecule has 1 fully saturated rings. The van der Waals surface area contributed by atoms with E-state index in [9.17, 15) is 9.59 Å². The van der Waals surface area contributed by atoms with E-state index >= 15 is 0 Å². The Labute approximate surface area is 71.5 Å². The maximum Gasteiger partial charge on any atom is 0.328 e. The normalized spacial score (nSPS) is 22.5. The molecule has 1 aliphatic rings. The second-order valence-corrected chi connectivity index (χ2v) is 2.73. The van der Waals surface area contributed by atoms with E-state index in [1.54, 1.807) is 0 Å². The van der Waals surface area contributed by atoms with Gasteiger partial charge in [-0.15, -0.1) is 0 Å². The van der Waals surface area contributed by atoms with Crippen molar-refractivity contribution < 1.29 is 14.3 Å². The van der Waals surface area contributed by atoms with Gasteiger partial charge in [0.05, 0.1) is 7.11 Å². The Morgan fingerprint density at radius 2 is 2.25 bits per heavy atom. The van der Waals surface area contributed by atoms with Crippen LogP contribution in [0.4, 0.5) is 0 Å². The largest absolute Gasteiger partial charge is 0.467 e. The Morgan fingerprint density at radius 1 is 1.58 bits per heavy atom. The first-order valence-electron chi connectivity index (χ1n) is 3.83. The fourth-order valence-corrected chi connectivity index (χ4v) is 1.33. The highest BCUT2D eigenvalue weighted by molar-refractivity contribution is 5.84. The summed E-state index contributed by atoms with van der Waals surface area (Å²) in [5.74, 6) is -0.418. The van der Waals surface area contributed by atoms with Gasteiger partial charge in [0.25, 0.3) is 0 Å². The first-order valence-corrected chi connectivity index (χ1v) is 3.83. The molecule has 0 bridgehead atoms. The van der Waals surface area contributed by atoms with E-state index in [2.05, 4.69) is 4.74 Å². The van der Waals surface area contributed by atoms with Crippen molar-refractivity contribution in [2.45, 2.75) is 19.4 Å². The van der Waals surface area contributed by atoms with E-state index in [0.717, 1.165) is 0 Å². The van der Waals surface area contributed by atoms with Crippen LogP contribution in [0.3, 0.4) is 0 Å². The quantitative estimate of drug-likeness (QED) is 0.520. The van der Waals surface area contributed by atoms with E-state index in [4.69, 9.17) is 0 Å². The molecule has 1 aliphatic heterocycles. The summed E-state index contributed by atoms with van der Waals surface area (Å²) in [7, 11) is 1.33. The number of methoxy groups -OCH3 is 1. The van der Waals surface area contributed by atoms with Gasteiger partial charge in [-0.1, -0.05) is 0 Å². The zero-order valence-corrected chi connectivity index (χ0v) is 7.24.